The third kappa shape index (κ3) is 6.56. The number of likely N-dealkylation sites (tertiary alicyclic amines) is 1. The molecule has 1 amide bonds. The van der Waals surface area contributed by atoms with Crippen molar-refractivity contribution < 1.29 is 18.7 Å². The molecule has 0 saturated carbocycles. The smallest absolute Gasteiger partial charge is 0.410 e. The predicted octanol–water partition coefficient (Wildman–Crippen LogP) is 4.91. The molecule has 1 aromatic heterocycles. The average Bonchev–Trinajstić information content (AvgIpc) is 3.29. The number of hydrogen-bond donors (Lipinski definition) is 0. The molecule has 174 valence electrons. The fourth-order valence-electron chi connectivity index (χ4n) is 3.32. The summed E-state index contributed by atoms with van der Waals surface area (Å²) in [6, 6.07) is -0.290. The maximum absolute atomic E-state index is 12.9. The Kier molecular flexibility index (Phi) is 8.77. The molecule has 0 bridgehead atoms. The van der Waals surface area contributed by atoms with Gasteiger partial charge in [-0.1, -0.05) is 45.2 Å². The van der Waals surface area contributed by atoms with Crippen molar-refractivity contribution in [1.29, 1.82) is 0 Å². The first-order chi connectivity index (χ1) is 14.4. The van der Waals surface area contributed by atoms with Crippen LogP contribution < -0.4 is 0 Å². The highest BCUT2D eigenvalue weighted by molar-refractivity contribution is 8.22. The van der Waals surface area contributed by atoms with Crippen LogP contribution in [0.3, 0.4) is 0 Å². The number of carbonyl (C=O) groups excluding carboxylic acids is 1. The molecule has 1 unspecified atom stereocenters. The monoisotopic (exact) mass is 485 g/mol. The summed E-state index contributed by atoms with van der Waals surface area (Å²) in [4.78, 5) is 14.6. The van der Waals surface area contributed by atoms with Gasteiger partial charge in [0.1, 0.15) is 12.7 Å². The van der Waals surface area contributed by atoms with Gasteiger partial charge in [-0.3, -0.25) is 9.58 Å². The molecule has 3 atom stereocenters. The van der Waals surface area contributed by atoms with Gasteiger partial charge in [0, 0.05) is 25.4 Å². The largest absolute Gasteiger partial charge is 0.468 e. The van der Waals surface area contributed by atoms with Gasteiger partial charge in [-0.2, -0.15) is 5.10 Å². The van der Waals surface area contributed by atoms with Gasteiger partial charge < -0.3 is 13.9 Å². The number of nitrogens with zero attached hydrogens (tertiary/aromatic N) is 3. The molecule has 1 fully saturated rings. The molecule has 1 aromatic rings. The van der Waals surface area contributed by atoms with Crippen LogP contribution in [0.5, 0.6) is 0 Å². The zero-order chi connectivity index (χ0) is 23.4. The van der Waals surface area contributed by atoms with Gasteiger partial charge in [0.2, 0.25) is 4.38 Å². The van der Waals surface area contributed by atoms with Crippen LogP contribution in [-0.4, -0.2) is 65.0 Å². The molecule has 7 nitrogen and oxygen atoms in total. The standard InChI is InChI=1S/C21H35N3O4S2Si/c1-9-10-26-19(25)24-14-16(28-31(7,8)21(2,3)4)11-17(24)18(27-20(29)30-6)15-12-22-23(5)13-15/h9,12-13,16-18H,1,10-11,14H2,2-8H3/t16-,17+,18?/m1/s1. The highest BCUT2D eigenvalue weighted by Crippen LogP contribution is 2.41. The lowest BCUT2D eigenvalue weighted by Crippen LogP contribution is -2.45. The van der Waals surface area contributed by atoms with Crippen molar-refractivity contribution in [2.45, 2.75) is 63.6 Å². The van der Waals surface area contributed by atoms with E-state index in [4.69, 9.17) is 26.1 Å². The van der Waals surface area contributed by atoms with Crippen molar-refractivity contribution in [3.05, 3.63) is 30.6 Å². The van der Waals surface area contributed by atoms with Crippen molar-refractivity contribution in [2.75, 3.05) is 19.4 Å². The second-order valence-corrected chi connectivity index (χ2v) is 15.4. The third-order valence-corrected chi connectivity index (χ3v) is 11.5. The maximum atomic E-state index is 12.9. The lowest BCUT2D eigenvalue weighted by Gasteiger charge is -2.38. The molecule has 10 heteroatoms. The van der Waals surface area contributed by atoms with Gasteiger partial charge in [0.05, 0.1) is 18.3 Å². The lowest BCUT2D eigenvalue weighted by molar-refractivity contribution is 0.0646. The second kappa shape index (κ2) is 10.5. The van der Waals surface area contributed by atoms with E-state index in [2.05, 4.69) is 45.5 Å². The van der Waals surface area contributed by atoms with Gasteiger partial charge in [-0.25, -0.2) is 4.79 Å². The molecule has 2 rings (SSSR count). The molecule has 0 aliphatic carbocycles. The first-order valence-electron chi connectivity index (χ1n) is 10.3. The van der Waals surface area contributed by atoms with Crippen LogP contribution in [-0.2, 0) is 20.9 Å². The number of carbonyl (C=O) groups is 1. The molecule has 0 aromatic carbocycles. The van der Waals surface area contributed by atoms with E-state index in [1.165, 1.54) is 11.8 Å². The highest BCUT2D eigenvalue weighted by atomic mass is 32.2. The minimum Gasteiger partial charge on any atom is -0.468 e. The number of aromatic nitrogens is 2. The molecule has 31 heavy (non-hydrogen) atoms. The van der Waals surface area contributed by atoms with Crippen molar-refractivity contribution in [3.63, 3.8) is 0 Å². The molecule has 0 radical (unpaired) electrons. The number of aryl methyl sites for hydroxylation is 1. The van der Waals surface area contributed by atoms with E-state index in [1.807, 2.05) is 19.5 Å². The quantitative estimate of drug-likeness (QED) is 0.309. The van der Waals surface area contributed by atoms with Crippen LogP contribution in [0.2, 0.25) is 18.1 Å². The summed E-state index contributed by atoms with van der Waals surface area (Å²) in [6.07, 6.45) is 6.74. The lowest BCUT2D eigenvalue weighted by atomic mass is 10.0. The zero-order valence-corrected chi connectivity index (χ0v) is 22.2. The van der Waals surface area contributed by atoms with Crippen molar-refractivity contribution in [3.8, 4) is 0 Å². The van der Waals surface area contributed by atoms with Crippen LogP contribution in [0.25, 0.3) is 0 Å². The number of ether oxygens (including phenoxy) is 2. The summed E-state index contributed by atoms with van der Waals surface area (Å²) in [5, 5.41) is 4.35. The molecular weight excluding hydrogens is 450 g/mol. The van der Waals surface area contributed by atoms with Crippen molar-refractivity contribution in [2.24, 2.45) is 7.05 Å². The van der Waals surface area contributed by atoms with E-state index in [9.17, 15) is 4.79 Å². The van der Waals surface area contributed by atoms with Crippen LogP contribution in [0.4, 0.5) is 4.79 Å². The van der Waals surface area contributed by atoms with Crippen molar-refractivity contribution >= 4 is 42.8 Å². The number of amides is 1. The van der Waals surface area contributed by atoms with Gasteiger partial charge >= 0.3 is 6.09 Å². The summed E-state index contributed by atoms with van der Waals surface area (Å²) < 4.78 is 20.3. The van der Waals surface area contributed by atoms with Crippen molar-refractivity contribution in [1.82, 2.24) is 14.7 Å². The number of hydrogen-bond acceptors (Lipinski definition) is 7. The fraction of sp³-hybridized carbons (Fsp3) is 0.667. The Bertz CT molecular complexity index is 794. The Morgan fingerprint density at radius 2 is 2.16 bits per heavy atom. The number of rotatable bonds is 7. The van der Waals surface area contributed by atoms with E-state index in [0.717, 1.165) is 5.56 Å². The minimum atomic E-state index is -2.02. The van der Waals surface area contributed by atoms with Gasteiger partial charge in [0.25, 0.3) is 0 Å². The van der Waals surface area contributed by atoms with Crippen LogP contribution in [0, 0.1) is 0 Å². The third-order valence-electron chi connectivity index (χ3n) is 5.92. The summed E-state index contributed by atoms with van der Waals surface area (Å²) in [6.45, 7) is 15.3. The van der Waals surface area contributed by atoms with Gasteiger partial charge in [0.15, 0.2) is 8.32 Å². The molecule has 2 heterocycles. The summed E-state index contributed by atoms with van der Waals surface area (Å²) in [5.41, 5.74) is 0.860. The molecule has 1 aliphatic rings. The average molecular weight is 486 g/mol. The molecule has 1 saturated heterocycles. The van der Waals surface area contributed by atoms with Crippen LogP contribution in [0.15, 0.2) is 25.0 Å². The van der Waals surface area contributed by atoms with E-state index in [1.54, 1.807) is 21.9 Å². The van der Waals surface area contributed by atoms with E-state index < -0.39 is 20.5 Å². The van der Waals surface area contributed by atoms with Crippen LogP contribution in [0.1, 0.15) is 38.9 Å². The Morgan fingerprint density at radius 3 is 2.68 bits per heavy atom. The normalized spacial score (nSPS) is 20.4. The van der Waals surface area contributed by atoms with Crippen LogP contribution >= 0.6 is 24.0 Å². The minimum absolute atomic E-state index is 0.0684. The summed E-state index contributed by atoms with van der Waals surface area (Å²) >= 11 is 6.72. The van der Waals surface area contributed by atoms with E-state index in [0.29, 0.717) is 17.3 Å². The highest BCUT2D eigenvalue weighted by Gasteiger charge is 2.47. The Hall–Kier alpha value is -1.36. The van der Waals surface area contributed by atoms with Gasteiger partial charge in [-0.05, 0) is 43.0 Å². The fourth-order valence-corrected chi connectivity index (χ4v) is 4.98. The Labute approximate surface area is 196 Å². The van der Waals surface area contributed by atoms with E-state index >= 15 is 0 Å². The Morgan fingerprint density at radius 1 is 1.48 bits per heavy atom. The second-order valence-electron chi connectivity index (χ2n) is 9.26. The first-order valence-corrected chi connectivity index (χ1v) is 14.9. The molecule has 0 N–H and O–H groups in total. The number of thiocarbonyl (C=S) groups is 1. The van der Waals surface area contributed by atoms with E-state index in [-0.39, 0.29) is 23.8 Å². The zero-order valence-electron chi connectivity index (χ0n) is 19.6. The molecule has 1 aliphatic heterocycles. The first kappa shape index (κ1) is 25.9. The number of thioether (sulfide) groups is 1. The maximum Gasteiger partial charge on any atom is 0.410 e. The summed E-state index contributed by atoms with van der Waals surface area (Å²) in [5.74, 6) is 0. The topological polar surface area (TPSA) is 65.8 Å². The SMILES string of the molecule is C=CCOC(=O)N1C[C@H](O[Si](C)(C)C(C)(C)C)C[C@H]1C(OC(=S)SC)c1cnn(C)c1. The van der Waals surface area contributed by atoms with Gasteiger partial charge in [-0.15, -0.1) is 0 Å². The Balaban J connectivity index is 2.36. The predicted molar refractivity (Wildman–Crippen MR) is 132 cm³/mol. The molecule has 0 spiro atoms. The molecular formula is C21H35N3O4S2Si. The summed E-state index contributed by atoms with van der Waals surface area (Å²) in [7, 11) is -0.171.